The average molecular weight is 357 g/mol. The number of hydrogen-bond donors (Lipinski definition) is 2. The number of amides is 1. The largest absolute Gasteiger partial charge is 0.480 e. The van der Waals surface area contributed by atoms with Gasteiger partial charge in [0.25, 0.3) is 0 Å². The van der Waals surface area contributed by atoms with Gasteiger partial charge in [-0.25, -0.2) is 0 Å². The van der Waals surface area contributed by atoms with Gasteiger partial charge in [0, 0.05) is 31.0 Å². The van der Waals surface area contributed by atoms with Crippen molar-refractivity contribution in [2.75, 3.05) is 13.1 Å². The molecule has 5 nitrogen and oxygen atoms in total. The summed E-state index contributed by atoms with van der Waals surface area (Å²) >= 11 is 3.48. The molecule has 2 N–H and O–H groups in total. The molecule has 0 saturated carbocycles. The van der Waals surface area contributed by atoms with E-state index in [0.29, 0.717) is 19.6 Å². The molecule has 1 amide bonds. The van der Waals surface area contributed by atoms with Crippen LogP contribution in [0, 0.1) is 6.92 Å². The Morgan fingerprint density at radius 2 is 2.10 bits per heavy atom. The second-order valence-electron chi connectivity index (χ2n) is 4.99. The van der Waals surface area contributed by atoms with Crippen LogP contribution in [-0.2, 0) is 16.1 Å². The summed E-state index contributed by atoms with van der Waals surface area (Å²) in [5, 5.41) is 11.9. The SMILES string of the molecule is CC(=O)NCCN(Cc1cccc(Br)c1C)C(C)C(=O)O. The number of hydrogen-bond acceptors (Lipinski definition) is 3. The van der Waals surface area contributed by atoms with Gasteiger partial charge >= 0.3 is 5.97 Å². The lowest BCUT2D eigenvalue weighted by molar-refractivity contribution is -0.142. The molecule has 0 aliphatic heterocycles. The molecular formula is C15H21BrN2O3. The monoisotopic (exact) mass is 356 g/mol. The van der Waals surface area contributed by atoms with Crippen LogP contribution in [0.2, 0.25) is 0 Å². The lowest BCUT2D eigenvalue weighted by Crippen LogP contribution is -2.42. The van der Waals surface area contributed by atoms with Gasteiger partial charge in [-0.05, 0) is 31.0 Å². The summed E-state index contributed by atoms with van der Waals surface area (Å²) in [7, 11) is 0. The summed E-state index contributed by atoms with van der Waals surface area (Å²) in [5.74, 6) is -0.984. The minimum atomic E-state index is -0.870. The molecule has 0 aromatic heterocycles. The van der Waals surface area contributed by atoms with Crippen LogP contribution in [0.1, 0.15) is 25.0 Å². The van der Waals surface area contributed by atoms with Gasteiger partial charge in [-0.15, -0.1) is 0 Å². The van der Waals surface area contributed by atoms with E-state index in [0.717, 1.165) is 15.6 Å². The Kier molecular flexibility index (Phi) is 6.84. The van der Waals surface area contributed by atoms with Crippen molar-refractivity contribution in [1.29, 1.82) is 0 Å². The van der Waals surface area contributed by atoms with E-state index in [-0.39, 0.29) is 5.91 Å². The summed E-state index contributed by atoms with van der Waals surface area (Å²) in [4.78, 5) is 24.0. The van der Waals surface area contributed by atoms with Gasteiger partial charge in [-0.1, -0.05) is 28.1 Å². The van der Waals surface area contributed by atoms with Crippen molar-refractivity contribution in [2.24, 2.45) is 0 Å². The molecule has 0 heterocycles. The molecule has 0 radical (unpaired) electrons. The maximum absolute atomic E-state index is 11.2. The van der Waals surface area contributed by atoms with Crippen LogP contribution >= 0.6 is 15.9 Å². The Balaban J connectivity index is 2.83. The molecule has 1 aromatic carbocycles. The molecule has 116 valence electrons. The molecule has 1 aromatic rings. The van der Waals surface area contributed by atoms with Crippen LogP contribution in [-0.4, -0.2) is 41.0 Å². The highest BCUT2D eigenvalue weighted by molar-refractivity contribution is 9.10. The fourth-order valence-electron chi connectivity index (χ4n) is 1.98. The molecule has 1 rings (SSSR count). The topological polar surface area (TPSA) is 69.6 Å². The molecule has 0 bridgehead atoms. The first-order valence-corrected chi connectivity index (χ1v) is 7.57. The van der Waals surface area contributed by atoms with E-state index in [1.807, 2.05) is 30.0 Å². The van der Waals surface area contributed by atoms with Crippen molar-refractivity contribution in [3.63, 3.8) is 0 Å². The van der Waals surface area contributed by atoms with Crippen LogP contribution in [0.3, 0.4) is 0 Å². The Labute approximate surface area is 133 Å². The van der Waals surface area contributed by atoms with Gasteiger partial charge in [0.05, 0.1) is 0 Å². The molecule has 0 fully saturated rings. The Bertz CT molecular complexity index is 520. The van der Waals surface area contributed by atoms with E-state index in [2.05, 4.69) is 21.2 Å². The Hall–Kier alpha value is -1.40. The van der Waals surface area contributed by atoms with E-state index < -0.39 is 12.0 Å². The quantitative estimate of drug-likeness (QED) is 0.785. The first kappa shape index (κ1) is 17.7. The van der Waals surface area contributed by atoms with Crippen molar-refractivity contribution < 1.29 is 14.7 Å². The number of nitrogens with zero attached hydrogens (tertiary/aromatic N) is 1. The van der Waals surface area contributed by atoms with Crippen molar-refractivity contribution >= 4 is 27.8 Å². The first-order valence-electron chi connectivity index (χ1n) is 6.78. The molecule has 0 aliphatic rings. The highest BCUT2D eigenvalue weighted by atomic mass is 79.9. The van der Waals surface area contributed by atoms with E-state index in [4.69, 9.17) is 0 Å². The first-order chi connectivity index (χ1) is 9.82. The standard InChI is InChI=1S/C15H21BrN2O3/c1-10-13(5-4-6-14(10)16)9-18(11(2)15(20)21)8-7-17-12(3)19/h4-6,11H,7-9H2,1-3H3,(H,17,19)(H,20,21). The van der Waals surface area contributed by atoms with Crippen molar-refractivity contribution in [2.45, 2.75) is 33.4 Å². The van der Waals surface area contributed by atoms with Crippen LogP contribution in [0.4, 0.5) is 0 Å². The third-order valence-corrected chi connectivity index (χ3v) is 4.29. The molecule has 6 heteroatoms. The zero-order valence-electron chi connectivity index (χ0n) is 12.5. The number of aliphatic carboxylic acids is 1. The van der Waals surface area contributed by atoms with Crippen molar-refractivity contribution in [3.05, 3.63) is 33.8 Å². The number of carbonyl (C=O) groups is 2. The summed E-state index contributed by atoms with van der Waals surface area (Å²) in [6.45, 7) is 6.54. The number of nitrogens with one attached hydrogen (secondary N) is 1. The number of carboxylic acids is 1. The molecule has 0 aliphatic carbocycles. The molecule has 1 unspecified atom stereocenters. The van der Waals surface area contributed by atoms with E-state index in [1.54, 1.807) is 6.92 Å². The Morgan fingerprint density at radius 1 is 1.43 bits per heavy atom. The summed E-state index contributed by atoms with van der Waals surface area (Å²) < 4.78 is 1.00. The fraction of sp³-hybridized carbons (Fsp3) is 0.467. The van der Waals surface area contributed by atoms with Crippen LogP contribution < -0.4 is 5.32 Å². The summed E-state index contributed by atoms with van der Waals surface area (Å²) in [6, 6.07) is 5.27. The lowest BCUT2D eigenvalue weighted by Gasteiger charge is -2.27. The lowest BCUT2D eigenvalue weighted by atomic mass is 10.1. The summed E-state index contributed by atoms with van der Waals surface area (Å²) in [5.41, 5.74) is 2.17. The molecule has 21 heavy (non-hydrogen) atoms. The molecule has 0 spiro atoms. The highest BCUT2D eigenvalue weighted by Gasteiger charge is 2.21. The van der Waals surface area contributed by atoms with Crippen LogP contribution in [0.15, 0.2) is 22.7 Å². The smallest absolute Gasteiger partial charge is 0.320 e. The number of carboxylic acid groups (broad SMARTS) is 1. The Morgan fingerprint density at radius 3 is 2.67 bits per heavy atom. The normalized spacial score (nSPS) is 12.2. The molecule has 1 atom stereocenters. The average Bonchev–Trinajstić information content (AvgIpc) is 2.41. The fourth-order valence-corrected chi connectivity index (χ4v) is 2.39. The number of carbonyl (C=O) groups excluding carboxylic acids is 1. The third kappa shape index (κ3) is 5.47. The van der Waals surface area contributed by atoms with Gasteiger partial charge in [-0.3, -0.25) is 14.5 Å². The van der Waals surface area contributed by atoms with Crippen molar-refractivity contribution in [3.8, 4) is 0 Å². The predicted molar refractivity (Wildman–Crippen MR) is 85.1 cm³/mol. The van der Waals surface area contributed by atoms with Gasteiger partial charge in [0.2, 0.25) is 5.91 Å². The zero-order chi connectivity index (χ0) is 16.0. The number of halogens is 1. The number of rotatable bonds is 7. The zero-order valence-corrected chi connectivity index (χ0v) is 14.1. The maximum Gasteiger partial charge on any atom is 0.320 e. The minimum absolute atomic E-state index is 0.114. The van der Waals surface area contributed by atoms with Gasteiger partial charge in [-0.2, -0.15) is 0 Å². The molecular weight excluding hydrogens is 336 g/mol. The van der Waals surface area contributed by atoms with E-state index in [1.165, 1.54) is 6.92 Å². The van der Waals surface area contributed by atoms with Gasteiger partial charge in [0.1, 0.15) is 6.04 Å². The maximum atomic E-state index is 11.2. The minimum Gasteiger partial charge on any atom is -0.480 e. The van der Waals surface area contributed by atoms with Crippen molar-refractivity contribution in [1.82, 2.24) is 10.2 Å². The second-order valence-corrected chi connectivity index (χ2v) is 5.85. The van der Waals surface area contributed by atoms with Gasteiger partial charge in [0.15, 0.2) is 0 Å². The third-order valence-electron chi connectivity index (χ3n) is 3.43. The van der Waals surface area contributed by atoms with E-state index in [9.17, 15) is 14.7 Å². The van der Waals surface area contributed by atoms with Gasteiger partial charge < -0.3 is 10.4 Å². The number of benzene rings is 1. The predicted octanol–water partition coefficient (Wildman–Crippen LogP) is 2.17. The van der Waals surface area contributed by atoms with Crippen LogP contribution in [0.25, 0.3) is 0 Å². The highest BCUT2D eigenvalue weighted by Crippen LogP contribution is 2.21. The van der Waals surface area contributed by atoms with E-state index >= 15 is 0 Å². The summed E-state index contributed by atoms with van der Waals surface area (Å²) in [6.07, 6.45) is 0. The van der Waals surface area contributed by atoms with Crippen LogP contribution in [0.5, 0.6) is 0 Å². The molecule has 0 saturated heterocycles. The second kappa shape index (κ2) is 8.14.